The van der Waals surface area contributed by atoms with Crippen LogP contribution in [0.15, 0.2) is 47.3 Å². The fraction of sp³-hybridized carbons (Fsp3) is 0.444. The number of hydrogen-bond acceptors (Lipinski definition) is 3. The van der Waals surface area contributed by atoms with Crippen molar-refractivity contribution in [1.82, 2.24) is 14.5 Å². The van der Waals surface area contributed by atoms with Gasteiger partial charge in [0.2, 0.25) is 5.91 Å². The van der Waals surface area contributed by atoms with Gasteiger partial charge in [-0.05, 0) is 69.0 Å². The Labute approximate surface area is 200 Å². The Balaban J connectivity index is 1.84. The lowest BCUT2D eigenvalue weighted by molar-refractivity contribution is -0.135. The highest BCUT2D eigenvalue weighted by atomic mass is 35.5. The summed E-state index contributed by atoms with van der Waals surface area (Å²) >= 11 is 6.20. The smallest absolute Gasteiger partial charge is 0.266 e. The molecule has 6 heteroatoms. The third kappa shape index (κ3) is 4.98. The molecule has 174 valence electrons. The van der Waals surface area contributed by atoms with Gasteiger partial charge in [0.15, 0.2) is 0 Å². The highest BCUT2D eigenvalue weighted by molar-refractivity contribution is 6.30. The Morgan fingerprint density at radius 2 is 1.94 bits per heavy atom. The standard InChI is InChI=1S/C27H32ClN3O2/c1-4-5-6-9-16-30(26(32)20-12-13-20)19(3)25-29-23-11-8-7-10-22(23)27(33)31(25)24-15-14-21(28)17-18(24)2/h7-8,10-11,14-15,17,19-20H,4-6,9,12-13,16H2,1-3H3. The van der Waals surface area contributed by atoms with E-state index < -0.39 is 0 Å². The van der Waals surface area contributed by atoms with Crippen molar-refractivity contribution in [3.8, 4) is 5.69 Å². The van der Waals surface area contributed by atoms with Crippen LogP contribution >= 0.6 is 11.6 Å². The van der Waals surface area contributed by atoms with Crippen molar-refractivity contribution >= 4 is 28.4 Å². The van der Waals surface area contributed by atoms with Crippen molar-refractivity contribution < 1.29 is 4.79 Å². The lowest BCUT2D eigenvalue weighted by Gasteiger charge is -2.31. The SMILES string of the molecule is CCCCCCN(C(=O)C1CC1)C(C)c1nc2ccccc2c(=O)n1-c1ccc(Cl)cc1C. The number of fused-ring (bicyclic) bond motifs is 1. The Morgan fingerprint density at radius 3 is 2.64 bits per heavy atom. The van der Waals surface area contributed by atoms with Crippen molar-refractivity contribution in [1.29, 1.82) is 0 Å². The first kappa shape index (κ1) is 23.5. The van der Waals surface area contributed by atoms with Gasteiger partial charge in [-0.15, -0.1) is 0 Å². The van der Waals surface area contributed by atoms with Crippen LogP contribution in [0.25, 0.3) is 16.6 Å². The van der Waals surface area contributed by atoms with E-state index in [1.807, 2.05) is 49.1 Å². The number of amides is 1. The summed E-state index contributed by atoms with van der Waals surface area (Å²) in [5.41, 5.74) is 2.15. The van der Waals surface area contributed by atoms with E-state index in [-0.39, 0.29) is 23.4 Å². The van der Waals surface area contributed by atoms with Gasteiger partial charge in [0.25, 0.3) is 5.56 Å². The van der Waals surface area contributed by atoms with Crippen LogP contribution in [0.2, 0.25) is 5.02 Å². The van der Waals surface area contributed by atoms with Crippen LogP contribution < -0.4 is 5.56 Å². The molecular weight excluding hydrogens is 434 g/mol. The number of unbranched alkanes of at least 4 members (excludes halogenated alkanes) is 3. The van der Waals surface area contributed by atoms with E-state index >= 15 is 0 Å². The topological polar surface area (TPSA) is 55.2 Å². The third-order valence-corrected chi connectivity index (χ3v) is 6.74. The number of nitrogens with zero attached hydrogens (tertiary/aromatic N) is 3. The van der Waals surface area contributed by atoms with Gasteiger partial charge in [-0.1, -0.05) is 49.9 Å². The number of carbonyl (C=O) groups excluding carboxylic acids is 1. The first-order valence-electron chi connectivity index (χ1n) is 12.0. The fourth-order valence-electron chi connectivity index (χ4n) is 4.44. The molecule has 4 rings (SSSR count). The molecule has 1 atom stereocenters. The summed E-state index contributed by atoms with van der Waals surface area (Å²) in [4.78, 5) is 33.9. The molecule has 3 aromatic rings. The number of para-hydroxylation sites is 1. The van der Waals surface area contributed by atoms with Crippen molar-refractivity contribution in [2.75, 3.05) is 6.54 Å². The molecule has 1 aliphatic carbocycles. The van der Waals surface area contributed by atoms with Crippen LogP contribution in [-0.4, -0.2) is 26.9 Å². The van der Waals surface area contributed by atoms with Crippen LogP contribution in [0.3, 0.4) is 0 Å². The number of rotatable bonds is 9. The van der Waals surface area contributed by atoms with Gasteiger partial charge in [-0.25, -0.2) is 4.98 Å². The van der Waals surface area contributed by atoms with E-state index in [1.54, 1.807) is 16.7 Å². The van der Waals surface area contributed by atoms with Crippen molar-refractivity contribution in [2.24, 2.45) is 5.92 Å². The van der Waals surface area contributed by atoms with Gasteiger partial charge in [0.1, 0.15) is 5.82 Å². The van der Waals surface area contributed by atoms with E-state index in [1.165, 1.54) is 0 Å². The Bertz CT molecular complexity index is 1220. The van der Waals surface area contributed by atoms with E-state index in [0.29, 0.717) is 28.3 Å². The molecule has 1 unspecified atom stereocenters. The molecule has 0 aliphatic heterocycles. The zero-order valence-corrected chi connectivity index (χ0v) is 20.4. The van der Waals surface area contributed by atoms with Crippen LogP contribution in [-0.2, 0) is 4.79 Å². The van der Waals surface area contributed by atoms with Crippen molar-refractivity contribution in [2.45, 2.75) is 65.3 Å². The fourth-order valence-corrected chi connectivity index (χ4v) is 4.67. The van der Waals surface area contributed by atoms with E-state index in [9.17, 15) is 9.59 Å². The minimum absolute atomic E-state index is 0.108. The Kier molecular flexibility index (Phi) is 7.18. The number of halogens is 1. The molecule has 1 amide bonds. The van der Waals surface area contributed by atoms with Gasteiger partial charge in [0, 0.05) is 17.5 Å². The largest absolute Gasteiger partial charge is 0.333 e. The van der Waals surface area contributed by atoms with Gasteiger partial charge < -0.3 is 4.90 Å². The molecule has 2 aromatic carbocycles. The average Bonchev–Trinajstić information content (AvgIpc) is 3.65. The second-order valence-corrected chi connectivity index (χ2v) is 9.54. The lowest BCUT2D eigenvalue weighted by Crippen LogP contribution is -2.39. The zero-order chi connectivity index (χ0) is 23.5. The first-order valence-corrected chi connectivity index (χ1v) is 12.4. The number of carbonyl (C=O) groups is 1. The maximum atomic E-state index is 13.7. The second-order valence-electron chi connectivity index (χ2n) is 9.10. The monoisotopic (exact) mass is 465 g/mol. The predicted molar refractivity (Wildman–Crippen MR) is 134 cm³/mol. The summed E-state index contributed by atoms with van der Waals surface area (Å²) in [5.74, 6) is 0.880. The van der Waals surface area contributed by atoms with Crippen LogP contribution in [0, 0.1) is 12.8 Å². The summed E-state index contributed by atoms with van der Waals surface area (Å²) in [7, 11) is 0. The molecule has 0 N–H and O–H groups in total. The number of aromatic nitrogens is 2. The van der Waals surface area contributed by atoms with Crippen LogP contribution in [0.4, 0.5) is 0 Å². The summed E-state index contributed by atoms with van der Waals surface area (Å²) < 4.78 is 1.68. The molecule has 0 radical (unpaired) electrons. The lowest BCUT2D eigenvalue weighted by atomic mass is 10.1. The molecule has 0 spiro atoms. The Hall–Kier alpha value is -2.66. The summed E-state index contributed by atoms with van der Waals surface area (Å²) in [5, 5.41) is 1.18. The predicted octanol–water partition coefficient (Wildman–Crippen LogP) is 6.23. The normalized spacial score (nSPS) is 14.4. The molecule has 1 aliphatic rings. The zero-order valence-electron chi connectivity index (χ0n) is 19.7. The van der Waals surface area contributed by atoms with E-state index in [2.05, 4.69) is 6.92 Å². The highest BCUT2D eigenvalue weighted by Crippen LogP contribution is 2.34. The van der Waals surface area contributed by atoms with E-state index in [4.69, 9.17) is 16.6 Å². The molecule has 5 nitrogen and oxygen atoms in total. The molecule has 1 aromatic heterocycles. The quantitative estimate of drug-likeness (QED) is 0.352. The minimum Gasteiger partial charge on any atom is -0.333 e. The number of benzene rings is 2. The van der Waals surface area contributed by atoms with Crippen LogP contribution in [0.1, 0.15) is 69.8 Å². The number of hydrogen-bond donors (Lipinski definition) is 0. The summed E-state index contributed by atoms with van der Waals surface area (Å²) in [6, 6.07) is 12.6. The van der Waals surface area contributed by atoms with Gasteiger partial charge >= 0.3 is 0 Å². The average molecular weight is 466 g/mol. The van der Waals surface area contributed by atoms with E-state index in [0.717, 1.165) is 49.8 Å². The second kappa shape index (κ2) is 10.1. The molecular formula is C27H32ClN3O2. The molecule has 1 fully saturated rings. The van der Waals surface area contributed by atoms with Gasteiger partial charge in [-0.3, -0.25) is 14.2 Å². The molecule has 33 heavy (non-hydrogen) atoms. The summed E-state index contributed by atoms with van der Waals surface area (Å²) in [6.45, 7) is 6.80. The van der Waals surface area contributed by atoms with Gasteiger partial charge in [-0.2, -0.15) is 0 Å². The molecule has 1 heterocycles. The third-order valence-electron chi connectivity index (χ3n) is 6.50. The first-order chi connectivity index (χ1) is 15.9. The van der Waals surface area contributed by atoms with Crippen molar-refractivity contribution in [3.05, 3.63) is 69.2 Å². The Morgan fingerprint density at radius 1 is 1.18 bits per heavy atom. The van der Waals surface area contributed by atoms with Crippen LogP contribution in [0.5, 0.6) is 0 Å². The maximum absolute atomic E-state index is 13.7. The van der Waals surface area contributed by atoms with Crippen molar-refractivity contribution in [3.63, 3.8) is 0 Å². The molecule has 0 bridgehead atoms. The minimum atomic E-state index is -0.327. The van der Waals surface area contributed by atoms with Gasteiger partial charge in [0.05, 0.1) is 22.6 Å². The maximum Gasteiger partial charge on any atom is 0.266 e. The number of aryl methyl sites for hydroxylation is 1. The molecule has 0 saturated heterocycles. The summed E-state index contributed by atoms with van der Waals surface area (Å²) in [6.07, 6.45) is 6.24. The highest BCUT2D eigenvalue weighted by Gasteiger charge is 2.36. The molecule has 1 saturated carbocycles.